The summed E-state index contributed by atoms with van der Waals surface area (Å²) in [6.07, 6.45) is 4.98. The van der Waals surface area contributed by atoms with Crippen molar-refractivity contribution in [2.45, 2.75) is 46.2 Å². The molecule has 0 saturated heterocycles. The molecular weight excluding hydrogens is 463 g/mol. The first kappa shape index (κ1) is 24.9. The maximum Gasteiger partial charge on any atom is 0.289 e. The van der Waals surface area contributed by atoms with Crippen LogP contribution in [0.1, 0.15) is 55.4 Å². The molecule has 0 spiro atoms. The Balaban J connectivity index is 1.88. The molecule has 0 saturated carbocycles. The molecule has 2 N–H and O–H groups in total. The highest BCUT2D eigenvalue weighted by Crippen LogP contribution is 2.38. The van der Waals surface area contributed by atoms with Crippen LogP contribution in [0.5, 0.6) is 11.5 Å². The highest BCUT2D eigenvalue weighted by molar-refractivity contribution is 5.92. The molecule has 9 nitrogen and oxygen atoms in total. The topological polar surface area (TPSA) is 107 Å². The number of amides is 1. The molecule has 10 heteroatoms. The summed E-state index contributed by atoms with van der Waals surface area (Å²) in [5.41, 5.74) is 1.99. The van der Waals surface area contributed by atoms with Crippen LogP contribution in [-0.4, -0.2) is 48.5 Å². The van der Waals surface area contributed by atoms with Gasteiger partial charge in [-0.25, -0.2) is 9.37 Å². The van der Waals surface area contributed by atoms with E-state index in [1.165, 1.54) is 23.8 Å². The van der Waals surface area contributed by atoms with Gasteiger partial charge in [-0.1, -0.05) is 19.9 Å². The summed E-state index contributed by atoms with van der Waals surface area (Å²) in [6.45, 7) is 7.96. The fourth-order valence-electron chi connectivity index (χ4n) is 3.95. The number of imidazole rings is 1. The zero-order valence-electron chi connectivity index (χ0n) is 20.9. The Morgan fingerprint density at radius 2 is 1.94 bits per heavy atom. The minimum atomic E-state index is -0.469. The lowest BCUT2D eigenvalue weighted by Gasteiger charge is -2.17. The van der Waals surface area contributed by atoms with Crippen LogP contribution in [0.25, 0.3) is 17.1 Å². The van der Waals surface area contributed by atoms with Crippen molar-refractivity contribution in [3.63, 3.8) is 0 Å². The molecule has 0 aliphatic heterocycles. The third-order valence-corrected chi connectivity index (χ3v) is 5.70. The minimum Gasteiger partial charge on any atom is -0.507 e. The van der Waals surface area contributed by atoms with Crippen LogP contribution in [0.3, 0.4) is 0 Å². The van der Waals surface area contributed by atoms with Crippen molar-refractivity contribution in [2.75, 3.05) is 7.11 Å². The zero-order valence-corrected chi connectivity index (χ0v) is 20.9. The number of benzene rings is 2. The number of rotatable bonds is 8. The number of ether oxygens (including phenoxy) is 1. The van der Waals surface area contributed by atoms with Crippen molar-refractivity contribution < 1.29 is 19.0 Å². The van der Waals surface area contributed by atoms with Crippen molar-refractivity contribution in [1.29, 1.82) is 0 Å². The molecule has 4 aromatic rings. The first-order chi connectivity index (χ1) is 17.2. The number of nitrogens with zero attached hydrogens (tertiary/aromatic N) is 5. The Morgan fingerprint density at radius 3 is 2.56 bits per heavy atom. The maximum atomic E-state index is 15.2. The van der Waals surface area contributed by atoms with E-state index in [4.69, 9.17) is 4.74 Å². The summed E-state index contributed by atoms with van der Waals surface area (Å²) in [6, 6.07) is 7.78. The molecule has 0 fully saturated rings. The van der Waals surface area contributed by atoms with Crippen molar-refractivity contribution in [3.05, 3.63) is 71.8 Å². The summed E-state index contributed by atoms with van der Waals surface area (Å²) in [5, 5.41) is 22.0. The Kier molecular flexibility index (Phi) is 7.05. The largest absolute Gasteiger partial charge is 0.507 e. The number of carbonyl (C=O) groups is 1. The average molecular weight is 493 g/mol. The summed E-state index contributed by atoms with van der Waals surface area (Å²) < 4.78 is 23.8. The number of halogens is 1. The predicted molar refractivity (Wildman–Crippen MR) is 133 cm³/mol. The Morgan fingerprint density at radius 1 is 1.17 bits per heavy atom. The number of phenols is 1. The Bertz CT molecular complexity index is 1380. The summed E-state index contributed by atoms with van der Waals surface area (Å²) >= 11 is 0. The second-order valence-electron chi connectivity index (χ2n) is 9.09. The number of hydrogen-bond donors (Lipinski definition) is 2. The van der Waals surface area contributed by atoms with E-state index >= 15 is 4.39 Å². The molecule has 0 aliphatic rings. The van der Waals surface area contributed by atoms with Gasteiger partial charge < -0.3 is 19.7 Å². The molecule has 2 heterocycles. The van der Waals surface area contributed by atoms with Gasteiger partial charge in [-0.05, 0) is 43.5 Å². The minimum absolute atomic E-state index is 0.0261. The van der Waals surface area contributed by atoms with Crippen LogP contribution in [0.4, 0.5) is 4.39 Å². The van der Waals surface area contributed by atoms with Gasteiger partial charge in [-0.15, -0.1) is 10.2 Å². The fraction of sp³-hybridized carbons (Fsp3) is 0.308. The van der Waals surface area contributed by atoms with E-state index in [9.17, 15) is 9.90 Å². The van der Waals surface area contributed by atoms with Gasteiger partial charge in [0, 0.05) is 30.1 Å². The fourth-order valence-corrected chi connectivity index (χ4v) is 3.95. The molecule has 0 radical (unpaired) electrons. The molecule has 2 aromatic carbocycles. The van der Waals surface area contributed by atoms with E-state index in [1.807, 2.05) is 27.7 Å². The zero-order chi connectivity index (χ0) is 26.0. The lowest BCUT2D eigenvalue weighted by molar-refractivity contribution is 0.0930. The highest BCUT2D eigenvalue weighted by atomic mass is 19.1. The third kappa shape index (κ3) is 4.93. The lowest BCUT2D eigenvalue weighted by Crippen LogP contribution is -2.32. The average Bonchev–Trinajstić information content (AvgIpc) is 3.49. The Labute approximate surface area is 208 Å². The predicted octanol–water partition coefficient (Wildman–Crippen LogP) is 4.29. The molecule has 4 rings (SSSR count). The highest BCUT2D eigenvalue weighted by Gasteiger charge is 2.25. The van der Waals surface area contributed by atoms with Gasteiger partial charge in [0.15, 0.2) is 5.82 Å². The first-order valence-electron chi connectivity index (χ1n) is 11.6. The molecule has 0 aliphatic carbocycles. The smallest absolute Gasteiger partial charge is 0.289 e. The van der Waals surface area contributed by atoms with E-state index in [1.54, 1.807) is 41.5 Å². The third-order valence-electron chi connectivity index (χ3n) is 5.70. The lowest BCUT2D eigenvalue weighted by atomic mass is 9.98. The Hall–Kier alpha value is -4.21. The normalized spacial score (nSPS) is 11.3. The van der Waals surface area contributed by atoms with Gasteiger partial charge in [0.05, 0.1) is 31.2 Å². The quantitative estimate of drug-likeness (QED) is 0.380. The van der Waals surface area contributed by atoms with Crippen LogP contribution in [0.2, 0.25) is 0 Å². The summed E-state index contributed by atoms with van der Waals surface area (Å²) in [4.78, 5) is 17.0. The SMILES string of the molecule is COc1cc(O)c(-c2nnc(C(=O)NC(C)C)n2-c2ccc(Cn3ccnc3)c(F)c2)cc1C(C)C. The monoisotopic (exact) mass is 492 g/mol. The van der Waals surface area contributed by atoms with E-state index in [0.717, 1.165) is 5.56 Å². The van der Waals surface area contributed by atoms with Crippen LogP contribution >= 0.6 is 0 Å². The van der Waals surface area contributed by atoms with Gasteiger partial charge in [-0.3, -0.25) is 9.36 Å². The van der Waals surface area contributed by atoms with Crippen LogP contribution in [-0.2, 0) is 6.54 Å². The first-order valence-corrected chi connectivity index (χ1v) is 11.6. The van der Waals surface area contributed by atoms with Gasteiger partial charge in [-0.2, -0.15) is 0 Å². The van der Waals surface area contributed by atoms with E-state index in [-0.39, 0.29) is 29.4 Å². The van der Waals surface area contributed by atoms with Crippen molar-refractivity contribution in [2.24, 2.45) is 0 Å². The molecule has 1 amide bonds. The van der Waals surface area contributed by atoms with E-state index < -0.39 is 11.7 Å². The number of nitrogens with one attached hydrogen (secondary N) is 1. The number of carbonyl (C=O) groups excluding carboxylic acids is 1. The molecule has 188 valence electrons. The van der Waals surface area contributed by atoms with Crippen LogP contribution in [0, 0.1) is 5.82 Å². The number of phenolic OH excluding ortho intramolecular Hbond substituents is 1. The molecular formula is C26H29FN6O3. The molecule has 0 unspecified atom stereocenters. The van der Waals surface area contributed by atoms with Gasteiger partial charge in [0.2, 0.25) is 5.82 Å². The van der Waals surface area contributed by atoms with Gasteiger partial charge >= 0.3 is 0 Å². The second kappa shape index (κ2) is 10.2. The maximum absolute atomic E-state index is 15.2. The molecule has 0 bridgehead atoms. The summed E-state index contributed by atoms with van der Waals surface area (Å²) in [5.74, 6) is -0.238. The number of methoxy groups -OCH3 is 1. The van der Waals surface area contributed by atoms with Gasteiger partial charge in [0.25, 0.3) is 5.91 Å². The van der Waals surface area contributed by atoms with Crippen LogP contribution in [0.15, 0.2) is 49.1 Å². The number of aromatic nitrogens is 5. The van der Waals surface area contributed by atoms with E-state index in [2.05, 4.69) is 20.5 Å². The van der Waals surface area contributed by atoms with Gasteiger partial charge in [0.1, 0.15) is 17.3 Å². The van der Waals surface area contributed by atoms with E-state index in [0.29, 0.717) is 29.1 Å². The van der Waals surface area contributed by atoms with Crippen molar-refractivity contribution in [1.82, 2.24) is 29.6 Å². The number of aromatic hydroxyl groups is 1. The van der Waals surface area contributed by atoms with Crippen molar-refractivity contribution >= 4 is 5.91 Å². The molecule has 0 atom stereocenters. The standard InChI is InChI=1S/C26H29FN6O3/c1-15(2)19-11-20(22(34)12-23(19)36-5)24-30-31-25(26(35)29-16(3)4)33(24)18-7-6-17(21(27)10-18)13-32-9-8-28-14-32/h6-12,14-16,34H,13H2,1-5H3,(H,29,35). The summed E-state index contributed by atoms with van der Waals surface area (Å²) in [7, 11) is 1.53. The number of hydrogen-bond acceptors (Lipinski definition) is 6. The second-order valence-corrected chi connectivity index (χ2v) is 9.09. The molecule has 2 aromatic heterocycles. The van der Waals surface area contributed by atoms with Crippen molar-refractivity contribution in [3.8, 4) is 28.6 Å². The molecule has 36 heavy (non-hydrogen) atoms. The van der Waals surface area contributed by atoms with Crippen LogP contribution < -0.4 is 10.1 Å².